The van der Waals surface area contributed by atoms with E-state index in [-0.39, 0.29) is 12.0 Å². The molecule has 3 heterocycles. The van der Waals surface area contributed by atoms with Crippen LogP contribution in [-0.4, -0.2) is 53.8 Å². The Labute approximate surface area is 153 Å². The van der Waals surface area contributed by atoms with Crippen LogP contribution < -0.4 is 5.32 Å². The van der Waals surface area contributed by atoms with Crippen LogP contribution in [0.1, 0.15) is 29.0 Å². The normalized spacial score (nSPS) is 17.3. The van der Waals surface area contributed by atoms with Crippen LogP contribution in [0.15, 0.2) is 22.9 Å². The molecule has 1 atom stereocenters. The zero-order valence-corrected chi connectivity index (χ0v) is 15.6. The Kier molecular flexibility index (Phi) is 5.88. The minimum Gasteiger partial charge on any atom is -0.375 e. The molecule has 140 valence electrons. The van der Waals surface area contributed by atoms with Gasteiger partial charge in [0, 0.05) is 31.9 Å². The summed E-state index contributed by atoms with van der Waals surface area (Å²) in [6, 6.07) is 4.06. The fraction of sp³-hybridized carbons (Fsp3) is 0.526. The van der Waals surface area contributed by atoms with Gasteiger partial charge in [0.25, 0.3) is 0 Å². The smallest absolute Gasteiger partial charge is 0.227 e. The van der Waals surface area contributed by atoms with E-state index in [1.165, 1.54) is 5.56 Å². The molecule has 1 amide bonds. The summed E-state index contributed by atoms with van der Waals surface area (Å²) in [6.45, 7) is 5.56. The fourth-order valence-corrected chi connectivity index (χ4v) is 3.23. The van der Waals surface area contributed by atoms with E-state index in [2.05, 4.69) is 15.5 Å². The molecule has 0 aliphatic carbocycles. The monoisotopic (exact) mass is 358 g/mol. The number of ether oxygens (including phenoxy) is 1. The average Bonchev–Trinajstić information content (AvgIpc) is 2.98. The number of nitrogens with zero attached hydrogens (tertiary/aromatic N) is 3. The largest absolute Gasteiger partial charge is 0.375 e. The Morgan fingerprint density at radius 1 is 1.42 bits per heavy atom. The lowest BCUT2D eigenvalue weighted by Crippen LogP contribution is -2.46. The summed E-state index contributed by atoms with van der Waals surface area (Å²) < 4.78 is 11.0. The maximum absolute atomic E-state index is 12.7. The summed E-state index contributed by atoms with van der Waals surface area (Å²) in [4.78, 5) is 18.8. The number of hydrogen-bond acceptors (Lipinski definition) is 6. The molecule has 0 unspecified atom stereocenters. The molecular formula is C19H26N4O3. The van der Waals surface area contributed by atoms with Crippen LogP contribution in [0.5, 0.6) is 0 Å². The molecule has 7 heteroatoms. The number of carbonyl (C=O) groups excluding carboxylic acids is 1. The van der Waals surface area contributed by atoms with Crippen LogP contribution in [0.2, 0.25) is 0 Å². The third kappa shape index (κ3) is 4.40. The molecule has 1 aliphatic heterocycles. The first kappa shape index (κ1) is 18.4. The van der Waals surface area contributed by atoms with Gasteiger partial charge < -0.3 is 19.5 Å². The molecule has 2 aromatic rings. The van der Waals surface area contributed by atoms with Gasteiger partial charge in [-0.15, -0.1) is 0 Å². The lowest BCUT2D eigenvalue weighted by atomic mass is 10.1. The van der Waals surface area contributed by atoms with Gasteiger partial charge in [0.2, 0.25) is 5.91 Å². The molecule has 1 N–H and O–H groups in total. The van der Waals surface area contributed by atoms with Crippen molar-refractivity contribution in [3.63, 3.8) is 0 Å². The van der Waals surface area contributed by atoms with E-state index < -0.39 is 0 Å². The Bertz CT molecular complexity index is 739. The molecule has 0 bridgehead atoms. The highest BCUT2D eigenvalue weighted by Gasteiger charge is 2.25. The maximum Gasteiger partial charge on any atom is 0.227 e. The van der Waals surface area contributed by atoms with Crippen molar-refractivity contribution in [2.24, 2.45) is 0 Å². The molecule has 0 radical (unpaired) electrons. The predicted octanol–water partition coefficient (Wildman–Crippen LogP) is 2.13. The Hall–Kier alpha value is -2.41. The van der Waals surface area contributed by atoms with Crippen molar-refractivity contribution in [2.45, 2.75) is 39.2 Å². The van der Waals surface area contributed by atoms with Crippen molar-refractivity contribution >= 4 is 11.7 Å². The maximum atomic E-state index is 12.7. The van der Waals surface area contributed by atoms with Gasteiger partial charge >= 0.3 is 0 Å². The number of aromatic nitrogens is 2. The molecule has 0 aromatic carbocycles. The van der Waals surface area contributed by atoms with Crippen LogP contribution in [0.4, 0.5) is 5.82 Å². The van der Waals surface area contributed by atoms with Gasteiger partial charge in [0.15, 0.2) is 0 Å². The summed E-state index contributed by atoms with van der Waals surface area (Å²) >= 11 is 0. The van der Waals surface area contributed by atoms with Gasteiger partial charge in [-0.3, -0.25) is 4.79 Å². The third-order valence-electron chi connectivity index (χ3n) is 4.84. The summed E-state index contributed by atoms with van der Waals surface area (Å²) in [5.41, 5.74) is 2.90. The van der Waals surface area contributed by atoms with Crippen molar-refractivity contribution in [2.75, 3.05) is 32.1 Å². The molecule has 7 nitrogen and oxygen atoms in total. The number of anilines is 1. The number of amides is 1. The van der Waals surface area contributed by atoms with Gasteiger partial charge in [-0.25, -0.2) is 4.98 Å². The average molecular weight is 358 g/mol. The summed E-state index contributed by atoms with van der Waals surface area (Å²) in [6.07, 6.45) is 3.98. The SMILES string of the molecule is CNc1cc(CC[C@@H]2CN(C(=O)Cc3c(C)noc3C)CCO2)ccn1. The third-order valence-corrected chi connectivity index (χ3v) is 4.84. The lowest BCUT2D eigenvalue weighted by Gasteiger charge is -2.33. The van der Waals surface area contributed by atoms with Gasteiger partial charge in [0.1, 0.15) is 11.6 Å². The Balaban J connectivity index is 1.54. The number of nitrogens with one attached hydrogen (secondary N) is 1. The first-order valence-electron chi connectivity index (χ1n) is 9.00. The fourth-order valence-electron chi connectivity index (χ4n) is 3.23. The van der Waals surface area contributed by atoms with Crippen molar-refractivity contribution in [1.82, 2.24) is 15.0 Å². The lowest BCUT2D eigenvalue weighted by molar-refractivity contribution is -0.138. The van der Waals surface area contributed by atoms with E-state index >= 15 is 0 Å². The minimum atomic E-state index is 0.0589. The Morgan fingerprint density at radius 2 is 2.27 bits per heavy atom. The second-order valence-corrected chi connectivity index (χ2v) is 6.65. The number of pyridine rings is 1. The van der Waals surface area contributed by atoms with Crippen molar-refractivity contribution in [3.8, 4) is 0 Å². The first-order valence-corrected chi connectivity index (χ1v) is 9.00. The summed E-state index contributed by atoms with van der Waals surface area (Å²) in [7, 11) is 1.86. The molecule has 1 saturated heterocycles. The summed E-state index contributed by atoms with van der Waals surface area (Å²) in [5, 5.41) is 6.98. The van der Waals surface area contributed by atoms with E-state index in [9.17, 15) is 4.79 Å². The van der Waals surface area contributed by atoms with Crippen LogP contribution in [0.25, 0.3) is 0 Å². The van der Waals surface area contributed by atoms with Crippen LogP contribution in [0, 0.1) is 13.8 Å². The van der Waals surface area contributed by atoms with E-state index in [4.69, 9.17) is 9.26 Å². The van der Waals surface area contributed by atoms with Gasteiger partial charge in [-0.1, -0.05) is 5.16 Å². The highest BCUT2D eigenvalue weighted by atomic mass is 16.5. The standard InChI is InChI=1S/C19H26N4O3/c1-13-17(14(2)26-22-13)11-19(24)23-8-9-25-16(12-23)5-4-15-6-7-21-18(10-15)20-3/h6-7,10,16H,4-5,8-9,11-12H2,1-3H3,(H,20,21)/t16-/m1/s1. The van der Waals surface area contributed by atoms with Crippen LogP contribution in [0.3, 0.4) is 0 Å². The van der Waals surface area contributed by atoms with E-state index in [1.807, 2.05) is 44.1 Å². The molecule has 3 rings (SSSR count). The first-order chi connectivity index (χ1) is 12.6. The van der Waals surface area contributed by atoms with Gasteiger partial charge in [-0.2, -0.15) is 0 Å². The number of hydrogen-bond donors (Lipinski definition) is 1. The molecular weight excluding hydrogens is 332 g/mol. The Morgan fingerprint density at radius 3 is 3.00 bits per heavy atom. The van der Waals surface area contributed by atoms with Crippen molar-refractivity contribution in [3.05, 3.63) is 40.9 Å². The predicted molar refractivity (Wildman–Crippen MR) is 98.1 cm³/mol. The van der Waals surface area contributed by atoms with E-state index in [1.54, 1.807) is 0 Å². The molecule has 0 spiro atoms. The number of rotatable bonds is 6. The minimum absolute atomic E-state index is 0.0589. The highest BCUT2D eigenvalue weighted by molar-refractivity contribution is 5.79. The van der Waals surface area contributed by atoms with Gasteiger partial charge in [0.05, 0.1) is 24.8 Å². The van der Waals surface area contributed by atoms with Crippen LogP contribution in [-0.2, 0) is 22.4 Å². The van der Waals surface area contributed by atoms with Crippen LogP contribution >= 0.6 is 0 Å². The second-order valence-electron chi connectivity index (χ2n) is 6.65. The van der Waals surface area contributed by atoms with E-state index in [0.29, 0.717) is 26.1 Å². The highest BCUT2D eigenvalue weighted by Crippen LogP contribution is 2.17. The molecule has 2 aromatic heterocycles. The number of carbonyl (C=O) groups is 1. The van der Waals surface area contributed by atoms with E-state index in [0.717, 1.165) is 35.7 Å². The molecule has 0 saturated carbocycles. The van der Waals surface area contributed by atoms with Crippen molar-refractivity contribution < 1.29 is 14.1 Å². The second kappa shape index (κ2) is 8.31. The molecule has 26 heavy (non-hydrogen) atoms. The topological polar surface area (TPSA) is 80.5 Å². The zero-order valence-electron chi connectivity index (χ0n) is 15.6. The van der Waals surface area contributed by atoms with Crippen molar-refractivity contribution in [1.29, 1.82) is 0 Å². The quantitative estimate of drug-likeness (QED) is 0.852. The summed E-state index contributed by atoms with van der Waals surface area (Å²) in [5.74, 6) is 1.69. The number of aryl methyl sites for hydroxylation is 3. The zero-order chi connectivity index (χ0) is 18.5. The number of morpholine rings is 1. The molecule has 1 fully saturated rings. The molecule has 1 aliphatic rings. The van der Waals surface area contributed by atoms with Gasteiger partial charge in [-0.05, 0) is 44.4 Å².